The third-order valence-corrected chi connectivity index (χ3v) is 3.11. The molecule has 0 spiro atoms. The highest BCUT2D eigenvalue weighted by Crippen LogP contribution is 2.35. The fraction of sp³-hybridized carbons (Fsp3) is 0.833. The van der Waals surface area contributed by atoms with E-state index >= 15 is 0 Å². The number of hydrogen-bond acceptors (Lipinski definition) is 4. The second-order valence-electron chi connectivity index (χ2n) is 4.84. The van der Waals surface area contributed by atoms with E-state index in [1.165, 1.54) is 19.8 Å². The van der Waals surface area contributed by atoms with Gasteiger partial charge in [0.15, 0.2) is 6.61 Å². The third kappa shape index (κ3) is 3.83. The molecule has 0 unspecified atom stereocenters. The van der Waals surface area contributed by atoms with Crippen molar-refractivity contribution in [2.24, 2.45) is 5.92 Å². The molecule has 0 bridgehead atoms. The number of rotatable bonds is 4. The van der Waals surface area contributed by atoms with Gasteiger partial charge in [-0.3, -0.25) is 4.79 Å². The molecule has 0 amide bonds. The molecule has 4 nitrogen and oxygen atoms in total. The van der Waals surface area contributed by atoms with E-state index in [2.05, 4.69) is 4.74 Å². The molecule has 92 valence electrons. The average Bonchev–Trinajstić information content (AvgIpc) is 2.67. The maximum Gasteiger partial charge on any atom is 0.344 e. The summed E-state index contributed by atoms with van der Waals surface area (Å²) < 4.78 is 9.95. The fourth-order valence-corrected chi connectivity index (χ4v) is 2.19. The van der Waals surface area contributed by atoms with E-state index in [0.29, 0.717) is 5.92 Å². The summed E-state index contributed by atoms with van der Waals surface area (Å²) in [4.78, 5) is 22.0. The van der Waals surface area contributed by atoms with Crippen molar-refractivity contribution < 1.29 is 19.1 Å². The van der Waals surface area contributed by atoms with Gasteiger partial charge in [0.1, 0.15) is 5.60 Å². The lowest BCUT2D eigenvalue weighted by Crippen LogP contribution is -2.36. The Morgan fingerprint density at radius 3 is 2.31 bits per heavy atom. The third-order valence-electron chi connectivity index (χ3n) is 3.11. The molecule has 0 aromatic carbocycles. The van der Waals surface area contributed by atoms with Crippen molar-refractivity contribution in [3.05, 3.63) is 0 Å². The Bertz CT molecular complexity index is 264. The van der Waals surface area contributed by atoms with Crippen LogP contribution >= 0.6 is 0 Å². The van der Waals surface area contributed by atoms with E-state index < -0.39 is 17.5 Å². The lowest BCUT2D eigenvalue weighted by molar-refractivity contribution is -0.171. The number of carbonyl (C=O) groups is 2. The predicted molar refractivity (Wildman–Crippen MR) is 58.8 cm³/mol. The summed E-state index contributed by atoms with van der Waals surface area (Å²) in [6, 6.07) is 0. The molecule has 0 heterocycles. The molecule has 1 aliphatic rings. The van der Waals surface area contributed by atoms with Gasteiger partial charge >= 0.3 is 11.9 Å². The van der Waals surface area contributed by atoms with Gasteiger partial charge in [0.05, 0.1) is 0 Å². The summed E-state index contributed by atoms with van der Waals surface area (Å²) in [5.41, 5.74) is -0.451. The molecule has 0 saturated heterocycles. The van der Waals surface area contributed by atoms with Crippen molar-refractivity contribution in [3.8, 4) is 0 Å². The quantitative estimate of drug-likeness (QED) is 0.691. The second kappa shape index (κ2) is 5.32. The zero-order valence-electron chi connectivity index (χ0n) is 10.2. The predicted octanol–water partition coefficient (Wildman–Crippen LogP) is 2.06. The first-order valence-electron chi connectivity index (χ1n) is 5.77. The van der Waals surface area contributed by atoms with Crippen LogP contribution in [0.3, 0.4) is 0 Å². The molecular weight excluding hydrogens is 208 g/mol. The molecule has 1 rings (SSSR count). The van der Waals surface area contributed by atoms with Crippen LogP contribution < -0.4 is 0 Å². The van der Waals surface area contributed by atoms with Crippen molar-refractivity contribution in [2.45, 2.75) is 52.1 Å². The Labute approximate surface area is 96.3 Å². The molecule has 4 heteroatoms. The molecule has 0 aliphatic heterocycles. The van der Waals surface area contributed by atoms with Crippen LogP contribution in [0.2, 0.25) is 0 Å². The minimum Gasteiger partial charge on any atom is -0.457 e. The van der Waals surface area contributed by atoms with Crippen LogP contribution in [-0.4, -0.2) is 24.1 Å². The van der Waals surface area contributed by atoms with Crippen LogP contribution in [0.4, 0.5) is 0 Å². The van der Waals surface area contributed by atoms with Gasteiger partial charge in [0.25, 0.3) is 0 Å². The SMILES string of the molecule is CC(=O)OCC(=O)OC(C)(C)C1CCCC1. The van der Waals surface area contributed by atoms with Gasteiger partial charge in [0.2, 0.25) is 0 Å². The van der Waals surface area contributed by atoms with Crippen LogP contribution in [0.5, 0.6) is 0 Å². The number of ether oxygens (including phenoxy) is 2. The topological polar surface area (TPSA) is 52.6 Å². The standard InChI is InChI=1S/C12H20O4/c1-9(13)15-8-11(14)16-12(2,3)10-6-4-5-7-10/h10H,4-8H2,1-3H3. The van der Waals surface area contributed by atoms with Gasteiger partial charge in [0, 0.05) is 6.92 Å². The highest BCUT2D eigenvalue weighted by atomic mass is 16.6. The molecule has 0 aromatic heterocycles. The van der Waals surface area contributed by atoms with Gasteiger partial charge in [-0.05, 0) is 32.6 Å². The molecule has 0 aromatic rings. The Balaban J connectivity index is 2.38. The smallest absolute Gasteiger partial charge is 0.344 e. The molecule has 0 atom stereocenters. The van der Waals surface area contributed by atoms with Crippen LogP contribution in [0.1, 0.15) is 46.5 Å². The molecule has 1 aliphatic carbocycles. The highest BCUT2D eigenvalue weighted by molar-refractivity contribution is 5.75. The zero-order valence-corrected chi connectivity index (χ0v) is 10.2. The van der Waals surface area contributed by atoms with E-state index in [9.17, 15) is 9.59 Å². The molecular formula is C12H20O4. The largest absolute Gasteiger partial charge is 0.457 e. The van der Waals surface area contributed by atoms with Crippen molar-refractivity contribution >= 4 is 11.9 Å². The first-order chi connectivity index (χ1) is 7.42. The van der Waals surface area contributed by atoms with Gasteiger partial charge in [-0.25, -0.2) is 4.79 Å². The summed E-state index contributed by atoms with van der Waals surface area (Å²) in [6.07, 6.45) is 4.62. The van der Waals surface area contributed by atoms with E-state index in [1.807, 2.05) is 13.8 Å². The summed E-state index contributed by atoms with van der Waals surface area (Å²) in [7, 11) is 0. The van der Waals surface area contributed by atoms with Gasteiger partial charge < -0.3 is 9.47 Å². The first-order valence-corrected chi connectivity index (χ1v) is 5.77. The lowest BCUT2D eigenvalue weighted by atomic mass is 9.89. The van der Waals surface area contributed by atoms with E-state index in [4.69, 9.17) is 4.74 Å². The fourth-order valence-electron chi connectivity index (χ4n) is 2.19. The molecule has 0 N–H and O–H groups in total. The minimum absolute atomic E-state index is 0.286. The van der Waals surface area contributed by atoms with Crippen molar-refractivity contribution in [2.75, 3.05) is 6.61 Å². The monoisotopic (exact) mass is 228 g/mol. The Kier molecular flexibility index (Phi) is 4.33. The Hall–Kier alpha value is -1.06. The maximum absolute atomic E-state index is 11.4. The minimum atomic E-state index is -0.466. The second-order valence-corrected chi connectivity index (χ2v) is 4.84. The number of carbonyl (C=O) groups excluding carboxylic acids is 2. The molecule has 1 saturated carbocycles. The van der Waals surface area contributed by atoms with E-state index in [-0.39, 0.29) is 6.61 Å². The van der Waals surface area contributed by atoms with Crippen molar-refractivity contribution in [1.29, 1.82) is 0 Å². The van der Waals surface area contributed by atoms with E-state index in [1.54, 1.807) is 0 Å². The van der Waals surface area contributed by atoms with E-state index in [0.717, 1.165) is 12.8 Å². The Morgan fingerprint density at radius 2 is 1.81 bits per heavy atom. The first kappa shape index (κ1) is 13.0. The van der Waals surface area contributed by atoms with Gasteiger partial charge in [-0.1, -0.05) is 12.8 Å². The molecule has 16 heavy (non-hydrogen) atoms. The van der Waals surface area contributed by atoms with Gasteiger partial charge in [-0.15, -0.1) is 0 Å². The molecule has 0 radical (unpaired) electrons. The Morgan fingerprint density at radius 1 is 1.25 bits per heavy atom. The molecule has 1 fully saturated rings. The lowest BCUT2D eigenvalue weighted by Gasteiger charge is -2.31. The summed E-state index contributed by atoms with van der Waals surface area (Å²) in [5.74, 6) is -0.503. The summed E-state index contributed by atoms with van der Waals surface area (Å²) in [5, 5.41) is 0. The van der Waals surface area contributed by atoms with Crippen LogP contribution in [0.25, 0.3) is 0 Å². The number of hydrogen-bond donors (Lipinski definition) is 0. The number of esters is 2. The zero-order chi connectivity index (χ0) is 12.2. The van der Waals surface area contributed by atoms with Crippen molar-refractivity contribution in [3.63, 3.8) is 0 Å². The van der Waals surface area contributed by atoms with Crippen LogP contribution in [0.15, 0.2) is 0 Å². The van der Waals surface area contributed by atoms with Crippen LogP contribution in [-0.2, 0) is 19.1 Å². The maximum atomic E-state index is 11.4. The van der Waals surface area contributed by atoms with Crippen molar-refractivity contribution in [1.82, 2.24) is 0 Å². The summed E-state index contributed by atoms with van der Waals surface area (Å²) in [6.45, 7) is 4.84. The van der Waals surface area contributed by atoms with Gasteiger partial charge in [-0.2, -0.15) is 0 Å². The summed E-state index contributed by atoms with van der Waals surface area (Å²) >= 11 is 0. The normalized spacial score (nSPS) is 17.2. The average molecular weight is 228 g/mol. The highest BCUT2D eigenvalue weighted by Gasteiger charge is 2.35. The van der Waals surface area contributed by atoms with Crippen LogP contribution in [0, 0.1) is 5.92 Å².